The van der Waals surface area contributed by atoms with Crippen LogP contribution < -0.4 is 14.9 Å². The number of benzene rings is 2. The smallest absolute Gasteiger partial charge is 0.338 e. The Morgan fingerprint density at radius 3 is 2.47 bits per heavy atom. The van der Waals surface area contributed by atoms with Crippen molar-refractivity contribution >= 4 is 40.4 Å². The summed E-state index contributed by atoms with van der Waals surface area (Å²) in [5, 5.41) is 1.98. The highest BCUT2D eigenvalue weighted by Gasteiger charge is 2.35. The van der Waals surface area contributed by atoms with Gasteiger partial charge in [-0.2, -0.15) is 0 Å². The molecule has 5 rings (SSSR count). The summed E-state index contributed by atoms with van der Waals surface area (Å²) >= 11 is 2.91. The third-order valence-electron chi connectivity index (χ3n) is 6.11. The Morgan fingerprint density at radius 1 is 1.08 bits per heavy atom. The van der Waals surface area contributed by atoms with Gasteiger partial charge in [-0.25, -0.2) is 9.79 Å². The van der Waals surface area contributed by atoms with Crippen molar-refractivity contribution in [2.75, 3.05) is 6.61 Å². The number of nitrogens with zero attached hydrogens (tertiary/aromatic N) is 2. The third kappa shape index (κ3) is 4.52. The fourth-order valence-electron chi connectivity index (χ4n) is 4.32. The number of rotatable bonds is 6. The van der Waals surface area contributed by atoms with E-state index in [1.165, 1.54) is 16.9 Å². The van der Waals surface area contributed by atoms with Crippen LogP contribution in [0.25, 0.3) is 11.8 Å². The molecule has 5 nitrogen and oxygen atoms in total. The molecule has 0 amide bonds. The van der Waals surface area contributed by atoms with E-state index >= 15 is 0 Å². The monoisotopic (exact) mass is 514 g/mol. The Hall–Kier alpha value is -3.55. The lowest BCUT2D eigenvalue weighted by Crippen LogP contribution is -2.40. The van der Waals surface area contributed by atoms with E-state index in [1.807, 2.05) is 66.1 Å². The zero-order valence-corrected chi connectivity index (χ0v) is 21.9. The molecule has 0 saturated carbocycles. The van der Waals surface area contributed by atoms with Gasteiger partial charge in [-0.3, -0.25) is 9.36 Å². The molecule has 1 atom stereocenters. The van der Waals surface area contributed by atoms with E-state index in [9.17, 15) is 9.59 Å². The Bertz CT molecular complexity index is 1590. The van der Waals surface area contributed by atoms with Crippen LogP contribution in [0.1, 0.15) is 54.3 Å². The highest BCUT2D eigenvalue weighted by molar-refractivity contribution is 7.11. The maximum atomic E-state index is 13.8. The van der Waals surface area contributed by atoms with Gasteiger partial charge in [0.25, 0.3) is 5.56 Å². The average molecular weight is 515 g/mol. The Morgan fingerprint density at radius 2 is 1.83 bits per heavy atom. The first-order valence-corrected chi connectivity index (χ1v) is 13.6. The third-order valence-corrected chi connectivity index (χ3v) is 7.91. The van der Waals surface area contributed by atoms with Gasteiger partial charge < -0.3 is 4.74 Å². The second kappa shape index (κ2) is 10.2. The highest BCUT2D eigenvalue weighted by Crippen LogP contribution is 2.35. The van der Waals surface area contributed by atoms with Gasteiger partial charge in [0, 0.05) is 10.4 Å². The first-order chi connectivity index (χ1) is 17.5. The molecule has 2 aromatic heterocycles. The van der Waals surface area contributed by atoms with Gasteiger partial charge >= 0.3 is 5.97 Å². The highest BCUT2D eigenvalue weighted by atomic mass is 32.1. The Labute approximate surface area is 217 Å². The summed E-state index contributed by atoms with van der Waals surface area (Å²) in [5.41, 5.74) is 3.58. The van der Waals surface area contributed by atoms with Crippen LogP contribution in [0.3, 0.4) is 0 Å². The summed E-state index contributed by atoms with van der Waals surface area (Å²) in [6, 6.07) is 21.0. The molecule has 182 valence electrons. The number of aromatic nitrogens is 1. The summed E-state index contributed by atoms with van der Waals surface area (Å²) in [4.78, 5) is 33.7. The van der Waals surface area contributed by atoms with Crippen molar-refractivity contribution in [3.63, 3.8) is 0 Å². The summed E-state index contributed by atoms with van der Waals surface area (Å²) in [5.74, 6) is -0.0997. The zero-order valence-electron chi connectivity index (χ0n) is 20.3. The number of thiazole rings is 1. The minimum absolute atomic E-state index is 0.168. The lowest BCUT2D eigenvalue weighted by molar-refractivity contribution is -0.138. The van der Waals surface area contributed by atoms with Gasteiger partial charge in [-0.15, -0.1) is 11.3 Å². The molecule has 0 bridgehead atoms. The normalized spacial score (nSPS) is 15.7. The van der Waals surface area contributed by atoms with Crippen molar-refractivity contribution in [2.45, 2.75) is 32.7 Å². The molecular formula is C29H26N2O3S2. The number of hydrogen-bond donors (Lipinski definition) is 0. The van der Waals surface area contributed by atoms with Crippen LogP contribution in [0, 0.1) is 0 Å². The minimum atomic E-state index is -0.651. The van der Waals surface area contributed by atoms with Crippen LogP contribution in [0.15, 0.2) is 87.5 Å². The van der Waals surface area contributed by atoms with Crippen LogP contribution in [0.4, 0.5) is 0 Å². The van der Waals surface area contributed by atoms with E-state index in [0.717, 1.165) is 16.0 Å². The maximum absolute atomic E-state index is 13.8. The molecule has 0 fully saturated rings. The molecule has 1 aliphatic heterocycles. The van der Waals surface area contributed by atoms with E-state index in [-0.39, 0.29) is 12.2 Å². The zero-order chi connectivity index (χ0) is 25.2. The van der Waals surface area contributed by atoms with Crippen LogP contribution in [0.2, 0.25) is 0 Å². The number of ether oxygens (including phenoxy) is 1. The molecule has 3 heterocycles. The van der Waals surface area contributed by atoms with Gasteiger partial charge in [0.1, 0.15) is 0 Å². The Kier molecular flexibility index (Phi) is 6.85. The van der Waals surface area contributed by atoms with Crippen LogP contribution in [0.5, 0.6) is 0 Å². The summed E-state index contributed by atoms with van der Waals surface area (Å²) < 4.78 is 7.75. The lowest BCUT2D eigenvalue weighted by atomic mass is 9.91. The first-order valence-electron chi connectivity index (χ1n) is 11.9. The van der Waals surface area contributed by atoms with Gasteiger partial charge in [-0.1, -0.05) is 85.8 Å². The fourth-order valence-corrected chi connectivity index (χ4v) is 6.05. The topological polar surface area (TPSA) is 60.7 Å². The number of carbonyl (C=O) groups excluding carboxylic acids is 1. The van der Waals surface area contributed by atoms with Crippen molar-refractivity contribution in [1.29, 1.82) is 0 Å². The van der Waals surface area contributed by atoms with E-state index < -0.39 is 12.0 Å². The van der Waals surface area contributed by atoms with Crippen LogP contribution in [-0.2, 0) is 9.53 Å². The van der Waals surface area contributed by atoms with E-state index in [2.05, 4.69) is 26.0 Å². The summed E-state index contributed by atoms with van der Waals surface area (Å²) in [6.07, 6.45) is 1.89. The molecule has 0 N–H and O–H groups in total. The standard InChI is InChI=1S/C29H26N2O3S2/c1-4-34-28(33)24-25(20-9-6-5-7-10-20)30-29-31(26(24)21-14-12-19(13-15-21)18(2)3)27(32)23(36-29)17-22-11-8-16-35-22/h5-18,26H,4H2,1-3H3/b23-17-/t26-/m1/s1. The van der Waals surface area contributed by atoms with Crippen molar-refractivity contribution in [2.24, 2.45) is 4.99 Å². The molecular weight excluding hydrogens is 488 g/mol. The molecule has 2 aromatic carbocycles. The van der Waals surface area contributed by atoms with Crippen molar-refractivity contribution in [3.8, 4) is 0 Å². The van der Waals surface area contributed by atoms with Gasteiger partial charge in [-0.05, 0) is 41.5 Å². The number of fused-ring (bicyclic) bond motifs is 1. The molecule has 0 aliphatic carbocycles. The SMILES string of the molecule is CCOC(=O)C1=C(c2ccccc2)N=c2s/c(=C\c3cccs3)c(=O)n2[C@@H]1c1ccc(C(C)C)cc1. The first kappa shape index (κ1) is 24.2. The molecule has 36 heavy (non-hydrogen) atoms. The quantitative estimate of drug-likeness (QED) is 0.336. The van der Waals surface area contributed by atoms with Gasteiger partial charge in [0.15, 0.2) is 4.80 Å². The molecule has 0 spiro atoms. The van der Waals surface area contributed by atoms with Crippen molar-refractivity contribution < 1.29 is 9.53 Å². The number of hydrogen-bond acceptors (Lipinski definition) is 6. The number of carbonyl (C=O) groups is 1. The maximum Gasteiger partial charge on any atom is 0.338 e. The second-order valence-electron chi connectivity index (χ2n) is 8.77. The number of thiophene rings is 1. The predicted molar refractivity (Wildman–Crippen MR) is 146 cm³/mol. The van der Waals surface area contributed by atoms with Crippen molar-refractivity contribution in [3.05, 3.63) is 119 Å². The molecule has 0 unspecified atom stereocenters. The summed E-state index contributed by atoms with van der Waals surface area (Å²) in [6.45, 7) is 6.29. The van der Waals surface area contributed by atoms with Crippen LogP contribution in [-0.4, -0.2) is 17.1 Å². The largest absolute Gasteiger partial charge is 0.463 e. The predicted octanol–water partition coefficient (Wildman–Crippen LogP) is 5.12. The average Bonchev–Trinajstić information content (AvgIpc) is 3.51. The minimum Gasteiger partial charge on any atom is -0.463 e. The van der Waals surface area contributed by atoms with Gasteiger partial charge in [0.05, 0.1) is 28.5 Å². The molecule has 4 aromatic rings. The van der Waals surface area contributed by atoms with Crippen LogP contribution >= 0.6 is 22.7 Å². The number of esters is 1. The fraction of sp³-hybridized carbons (Fsp3) is 0.207. The van der Waals surface area contributed by atoms with E-state index in [0.29, 0.717) is 26.5 Å². The lowest BCUT2D eigenvalue weighted by Gasteiger charge is -2.26. The molecule has 0 radical (unpaired) electrons. The Balaban J connectivity index is 1.82. The van der Waals surface area contributed by atoms with E-state index in [1.54, 1.807) is 22.8 Å². The molecule has 7 heteroatoms. The summed E-state index contributed by atoms with van der Waals surface area (Å²) in [7, 11) is 0. The molecule has 0 saturated heterocycles. The second-order valence-corrected chi connectivity index (χ2v) is 10.8. The van der Waals surface area contributed by atoms with Gasteiger partial charge in [0.2, 0.25) is 0 Å². The van der Waals surface area contributed by atoms with E-state index in [4.69, 9.17) is 9.73 Å². The van der Waals surface area contributed by atoms with Crippen molar-refractivity contribution in [1.82, 2.24) is 4.57 Å². The molecule has 1 aliphatic rings.